The fraction of sp³-hybridized carbons (Fsp3) is 0.385. The molecule has 0 radical (unpaired) electrons. The van der Waals surface area contributed by atoms with Crippen LogP contribution in [0.15, 0.2) is 24.3 Å². The van der Waals surface area contributed by atoms with Crippen molar-refractivity contribution in [3.8, 4) is 0 Å². The fourth-order valence-electron chi connectivity index (χ4n) is 2.33. The molecule has 3 rings (SSSR count). The molecule has 1 atom stereocenters. The molecule has 0 aliphatic carbocycles. The van der Waals surface area contributed by atoms with Gasteiger partial charge in [0.15, 0.2) is 0 Å². The Morgan fingerprint density at radius 1 is 1.33 bits per heavy atom. The molecule has 0 bridgehead atoms. The van der Waals surface area contributed by atoms with Crippen molar-refractivity contribution in [2.24, 2.45) is 0 Å². The van der Waals surface area contributed by atoms with Gasteiger partial charge in [0.1, 0.15) is 0 Å². The molecule has 1 aliphatic heterocycles. The molecule has 1 aliphatic rings. The number of hydrogen-bond donors (Lipinski definition) is 0. The Balaban J connectivity index is 2.21. The Kier molecular flexibility index (Phi) is 2.24. The van der Waals surface area contributed by atoms with Crippen molar-refractivity contribution >= 4 is 24.1 Å². The van der Waals surface area contributed by atoms with E-state index in [4.69, 9.17) is 0 Å². The molecule has 78 valence electrons. The van der Waals surface area contributed by atoms with Crippen LogP contribution in [0.2, 0.25) is 0 Å². The van der Waals surface area contributed by atoms with Crippen molar-refractivity contribution in [2.75, 3.05) is 7.05 Å². The summed E-state index contributed by atoms with van der Waals surface area (Å²) < 4.78 is 3.31. The van der Waals surface area contributed by atoms with E-state index in [1.54, 1.807) is 19.6 Å². The minimum atomic E-state index is 0.598. The van der Waals surface area contributed by atoms with Crippen LogP contribution in [-0.2, 0) is 13.0 Å². The molecule has 2 heteroatoms. The molecule has 2 aromatic rings. The maximum atomic E-state index is 2.48. The Morgan fingerprint density at radius 2 is 2.13 bits per heavy atom. The number of fused-ring (bicyclic) bond motifs is 3. The topological polar surface area (TPSA) is 3.24 Å². The van der Waals surface area contributed by atoms with Gasteiger partial charge in [0.25, 0.3) is 0 Å². The summed E-state index contributed by atoms with van der Waals surface area (Å²) in [5, 5.41) is 1.55. The first-order valence-corrected chi connectivity index (χ1v) is 7.16. The number of nitrogens with zero attached hydrogens (tertiary/aromatic N) is 1. The van der Waals surface area contributed by atoms with Crippen LogP contribution in [-0.4, -0.2) is 32.5 Å². The molecule has 1 nitrogen and oxygen atoms in total. The average molecular weight is 264 g/mol. The normalized spacial score (nSPS) is 21.9. The van der Waals surface area contributed by atoms with Gasteiger partial charge < -0.3 is 0 Å². The molecule has 1 unspecified atom stereocenters. The van der Waals surface area contributed by atoms with Crippen LogP contribution in [0.1, 0.15) is 16.9 Å². The summed E-state index contributed by atoms with van der Waals surface area (Å²) in [6.45, 7) is 3.52. The molecule has 0 amide bonds. The van der Waals surface area contributed by atoms with Gasteiger partial charge in [0, 0.05) is 0 Å². The molecule has 1 aromatic heterocycles. The van der Waals surface area contributed by atoms with E-state index in [0.717, 1.165) is 0 Å². The van der Waals surface area contributed by atoms with Crippen molar-refractivity contribution in [2.45, 2.75) is 25.9 Å². The minimum absolute atomic E-state index is 0.598. The van der Waals surface area contributed by atoms with Crippen LogP contribution in [0.25, 0.3) is 9.65 Å². The number of likely N-dealkylation sites (N-methyl/N-ethyl adjacent to an activating group) is 1. The predicted molar refractivity (Wildman–Crippen MR) is 65.5 cm³/mol. The zero-order valence-electron chi connectivity index (χ0n) is 9.16. The van der Waals surface area contributed by atoms with E-state index in [1.165, 1.54) is 13.0 Å². The summed E-state index contributed by atoms with van der Waals surface area (Å²) in [5.41, 5.74) is 1.66. The second kappa shape index (κ2) is 3.48. The molecule has 2 heterocycles. The third-order valence-corrected chi connectivity index (χ3v) is 5.94. The van der Waals surface area contributed by atoms with Gasteiger partial charge in [-0.15, -0.1) is 0 Å². The van der Waals surface area contributed by atoms with E-state index in [2.05, 4.69) is 43.1 Å². The van der Waals surface area contributed by atoms with Crippen LogP contribution in [0.4, 0.5) is 0 Å². The van der Waals surface area contributed by atoms with Crippen molar-refractivity contribution in [1.29, 1.82) is 0 Å². The van der Waals surface area contributed by atoms with Crippen LogP contribution in [0, 0.1) is 0 Å². The van der Waals surface area contributed by atoms with Gasteiger partial charge in [-0.2, -0.15) is 0 Å². The van der Waals surface area contributed by atoms with Crippen LogP contribution >= 0.6 is 0 Å². The Hall–Kier alpha value is -0.561. The summed E-state index contributed by atoms with van der Waals surface area (Å²) in [5.74, 6) is 0. The summed E-state index contributed by atoms with van der Waals surface area (Å²) in [7, 11) is 2.24. The number of rotatable bonds is 0. The molecule has 15 heavy (non-hydrogen) atoms. The third kappa shape index (κ3) is 1.48. The van der Waals surface area contributed by atoms with Gasteiger partial charge in [0.05, 0.1) is 0 Å². The van der Waals surface area contributed by atoms with Crippen LogP contribution < -0.4 is 0 Å². The van der Waals surface area contributed by atoms with Gasteiger partial charge in [0.2, 0.25) is 0 Å². The number of hydrogen-bond acceptors (Lipinski definition) is 1. The van der Waals surface area contributed by atoms with E-state index >= 15 is 0 Å². The van der Waals surface area contributed by atoms with Gasteiger partial charge in [-0.25, -0.2) is 0 Å². The van der Waals surface area contributed by atoms with Gasteiger partial charge in [-0.05, 0) is 0 Å². The summed E-state index contributed by atoms with van der Waals surface area (Å²) >= 11 is 0.598. The van der Waals surface area contributed by atoms with E-state index in [9.17, 15) is 0 Å². The molecule has 0 saturated carbocycles. The van der Waals surface area contributed by atoms with Gasteiger partial charge in [-0.3, -0.25) is 0 Å². The van der Waals surface area contributed by atoms with Crippen molar-refractivity contribution in [1.82, 2.24) is 4.90 Å². The van der Waals surface area contributed by atoms with Crippen molar-refractivity contribution < 1.29 is 0 Å². The van der Waals surface area contributed by atoms with Gasteiger partial charge in [-0.1, -0.05) is 0 Å². The molecule has 0 saturated heterocycles. The first kappa shape index (κ1) is 9.65. The van der Waals surface area contributed by atoms with Crippen LogP contribution in [0.3, 0.4) is 0 Å². The predicted octanol–water partition coefficient (Wildman–Crippen LogP) is 2.27. The van der Waals surface area contributed by atoms with E-state index < -0.39 is 0 Å². The number of benzene rings is 1. The second-order valence-electron chi connectivity index (χ2n) is 4.47. The summed E-state index contributed by atoms with van der Waals surface area (Å²) in [6.07, 6.45) is 1.24. The first-order valence-electron chi connectivity index (χ1n) is 5.45. The van der Waals surface area contributed by atoms with Crippen LogP contribution in [0.5, 0.6) is 0 Å². The molecular weight excluding hydrogens is 249 g/mol. The van der Waals surface area contributed by atoms with E-state index in [1.807, 2.05) is 0 Å². The Bertz CT molecular complexity index is 500. The Labute approximate surface area is 96.4 Å². The monoisotopic (exact) mass is 265 g/mol. The second-order valence-corrected chi connectivity index (χ2v) is 6.85. The third-order valence-electron chi connectivity index (χ3n) is 3.43. The Morgan fingerprint density at radius 3 is 3.00 bits per heavy atom. The molecule has 0 spiro atoms. The first-order chi connectivity index (χ1) is 7.25. The standard InChI is InChI=1S/C13H15NSe/c1-9-7-11-10-5-3-4-6-12(10)15-13(11)8-14(9)2/h3-6,9H,7-8H2,1-2H3. The molecule has 1 aromatic carbocycles. The molecule has 0 fully saturated rings. The molecule has 0 N–H and O–H groups in total. The van der Waals surface area contributed by atoms with E-state index in [-0.39, 0.29) is 0 Å². The summed E-state index contributed by atoms with van der Waals surface area (Å²) in [4.78, 5) is 2.48. The molecular formula is C13H15NSe. The maximum absolute atomic E-state index is 2.48. The summed E-state index contributed by atoms with van der Waals surface area (Å²) in [6, 6.07) is 9.65. The average Bonchev–Trinajstić information content (AvgIpc) is 2.57. The van der Waals surface area contributed by atoms with Crippen molar-refractivity contribution in [3.63, 3.8) is 0 Å². The van der Waals surface area contributed by atoms with E-state index in [0.29, 0.717) is 20.5 Å². The van der Waals surface area contributed by atoms with Gasteiger partial charge >= 0.3 is 96.3 Å². The zero-order valence-corrected chi connectivity index (χ0v) is 10.9. The zero-order chi connectivity index (χ0) is 10.4. The SMILES string of the molecule is CC1Cc2c([se]c3ccccc23)CN1C. The fourth-order valence-corrected chi connectivity index (χ4v) is 5.06. The van der Waals surface area contributed by atoms with Crippen molar-refractivity contribution in [3.05, 3.63) is 34.3 Å². The quantitative estimate of drug-likeness (QED) is 0.660.